The van der Waals surface area contributed by atoms with Crippen molar-refractivity contribution in [3.8, 4) is 5.75 Å². The minimum atomic E-state index is -2.88. The van der Waals surface area contributed by atoms with Crippen LogP contribution >= 0.6 is 0 Å². The van der Waals surface area contributed by atoms with E-state index in [1.54, 1.807) is 6.92 Å². The van der Waals surface area contributed by atoms with E-state index in [-0.39, 0.29) is 18.2 Å². The zero-order chi connectivity index (χ0) is 16.8. The summed E-state index contributed by atoms with van der Waals surface area (Å²) >= 11 is 0. The average molecular weight is 316 g/mol. The van der Waals surface area contributed by atoms with Crippen LogP contribution in [0.15, 0.2) is 24.3 Å². The highest BCUT2D eigenvalue weighted by Gasteiger charge is 2.27. The van der Waals surface area contributed by atoms with E-state index in [1.807, 2.05) is 13.8 Å². The molecule has 2 amide bonds. The molecule has 0 aliphatic rings. The Bertz CT molecular complexity index is 478. The van der Waals surface area contributed by atoms with Gasteiger partial charge >= 0.3 is 12.6 Å². The molecule has 124 valence electrons. The van der Waals surface area contributed by atoms with E-state index in [0.717, 1.165) is 6.42 Å². The van der Waals surface area contributed by atoms with Crippen LogP contribution in [-0.4, -0.2) is 29.9 Å². The molecule has 0 aliphatic heterocycles. The minimum absolute atomic E-state index is 0.0145. The first-order valence-corrected chi connectivity index (χ1v) is 7.06. The zero-order valence-electron chi connectivity index (χ0n) is 12.9. The van der Waals surface area contributed by atoms with E-state index in [2.05, 4.69) is 15.4 Å². The molecule has 7 heteroatoms. The van der Waals surface area contributed by atoms with Crippen LogP contribution in [0.4, 0.5) is 19.3 Å². The maximum atomic E-state index is 12.0. The quantitative estimate of drug-likeness (QED) is 0.723. The largest absolute Gasteiger partial charge is 0.435 e. The molecular formula is C15H22F2N2O3. The molecule has 2 atom stereocenters. The van der Waals surface area contributed by atoms with Crippen molar-refractivity contribution in [1.29, 1.82) is 0 Å². The topological polar surface area (TPSA) is 70.6 Å². The fourth-order valence-corrected chi connectivity index (χ4v) is 1.77. The monoisotopic (exact) mass is 316 g/mol. The summed E-state index contributed by atoms with van der Waals surface area (Å²) in [6.45, 7) is 2.76. The van der Waals surface area contributed by atoms with E-state index in [1.165, 1.54) is 24.3 Å². The molecule has 2 unspecified atom stereocenters. The fourth-order valence-electron chi connectivity index (χ4n) is 1.77. The van der Waals surface area contributed by atoms with Crippen molar-refractivity contribution in [2.75, 3.05) is 11.9 Å². The molecule has 0 radical (unpaired) electrons. The summed E-state index contributed by atoms with van der Waals surface area (Å²) in [4.78, 5) is 11.7. The van der Waals surface area contributed by atoms with Gasteiger partial charge in [0.05, 0.1) is 5.60 Å². The lowest BCUT2D eigenvalue weighted by Gasteiger charge is -2.29. The summed E-state index contributed by atoms with van der Waals surface area (Å²) in [6.07, 6.45) is 0.794. The number of hydrogen-bond acceptors (Lipinski definition) is 3. The lowest BCUT2D eigenvalue weighted by molar-refractivity contribution is -0.0498. The second-order valence-corrected chi connectivity index (χ2v) is 5.38. The summed E-state index contributed by atoms with van der Waals surface area (Å²) in [5, 5.41) is 15.3. The van der Waals surface area contributed by atoms with Crippen molar-refractivity contribution >= 4 is 11.7 Å². The van der Waals surface area contributed by atoms with Crippen molar-refractivity contribution in [3.05, 3.63) is 24.3 Å². The number of carbonyl (C=O) groups is 1. The number of alkyl halides is 2. The van der Waals surface area contributed by atoms with Crippen molar-refractivity contribution in [1.82, 2.24) is 5.32 Å². The van der Waals surface area contributed by atoms with Crippen LogP contribution in [0.1, 0.15) is 27.2 Å². The highest BCUT2D eigenvalue weighted by molar-refractivity contribution is 5.89. The summed E-state index contributed by atoms with van der Waals surface area (Å²) in [5.74, 6) is 0.0549. The third-order valence-electron chi connectivity index (χ3n) is 3.62. The van der Waals surface area contributed by atoms with Crippen LogP contribution < -0.4 is 15.4 Å². The Kier molecular flexibility index (Phi) is 6.55. The molecule has 1 rings (SSSR count). The lowest BCUT2D eigenvalue weighted by atomic mass is 9.89. The van der Waals surface area contributed by atoms with Gasteiger partial charge in [0.15, 0.2) is 0 Å². The Hall–Kier alpha value is -1.89. The van der Waals surface area contributed by atoms with Gasteiger partial charge in [0.2, 0.25) is 0 Å². The van der Waals surface area contributed by atoms with Gasteiger partial charge in [-0.3, -0.25) is 0 Å². The predicted octanol–water partition coefficient (Wildman–Crippen LogP) is 3.21. The number of ether oxygens (including phenoxy) is 1. The Morgan fingerprint density at radius 3 is 2.45 bits per heavy atom. The number of urea groups is 1. The van der Waals surface area contributed by atoms with Crippen molar-refractivity contribution in [2.24, 2.45) is 5.92 Å². The van der Waals surface area contributed by atoms with Gasteiger partial charge in [0.1, 0.15) is 5.75 Å². The van der Waals surface area contributed by atoms with Gasteiger partial charge in [-0.25, -0.2) is 4.79 Å². The zero-order valence-corrected chi connectivity index (χ0v) is 12.9. The minimum Gasteiger partial charge on any atom is -0.435 e. The summed E-state index contributed by atoms with van der Waals surface area (Å²) < 4.78 is 28.2. The molecule has 0 aliphatic carbocycles. The van der Waals surface area contributed by atoms with Gasteiger partial charge in [0, 0.05) is 12.2 Å². The van der Waals surface area contributed by atoms with Crippen molar-refractivity contribution in [3.63, 3.8) is 0 Å². The summed E-state index contributed by atoms with van der Waals surface area (Å²) in [5.41, 5.74) is -0.566. The maximum Gasteiger partial charge on any atom is 0.387 e. The number of rotatable bonds is 7. The number of aliphatic hydroxyl groups is 1. The molecule has 5 nitrogen and oxygen atoms in total. The van der Waals surface area contributed by atoms with Gasteiger partial charge in [0.25, 0.3) is 0 Å². The molecule has 0 fully saturated rings. The van der Waals surface area contributed by atoms with Crippen LogP contribution in [0, 0.1) is 5.92 Å². The lowest BCUT2D eigenvalue weighted by Crippen LogP contribution is -2.46. The van der Waals surface area contributed by atoms with Gasteiger partial charge < -0.3 is 20.5 Å². The van der Waals surface area contributed by atoms with Gasteiger partial charge in [-0.15, -0.1) is 0 Å². The smallest absolute Gasteiger partial charge is 0.387 e. The van der Waals surface area contributed by atoms with Crippen molar-refractivity contribution < 1.29 is 23.4 Å². The first-order chi connectivity index (χ1) is 10.2. The molecule has 0 spiro atoms. The van der Waals surface area contributed by atoms with Crippen LogP contribution in [0.25, 0.3) is 0 Å². The fraction of sp³-hybridized carbons (Fsp3) is 0.533. The Labute approximate surface area is 128 Å². The van der Waals surface area contributed by atoms with E-state index >= 15 is 0 Å². The normalized spacial score (nSPS) is 15.0. The Balaban J connectivity index is 2.48. The van der Waals surface area contributed by atoms with E-state index in [4.69, 9.17) is 0 Å². The predicted molar refractivity (Wildman–Crippen MR) is 80.2 cm³/mol. The molecule has 1 aromatic carbocycles. The van der Waals surface area contributed by atoms with Gasteiger partial charge in [-0.05, 0) is 37.1 Å². The SMILES string of the molecule is CCC(C)C(C)(O)CNC(=O)Nc1ccc(OC(F)F)cc1. The molecule has 0 saturated carbocycles. The van der Waals surface area contributed by atoms with Crippen LogP contribution in [-0.2, 0) is 0 Å². The highest BCUT2D eigenvalue weighted by atomic mass is 19.3. The maximum absolute atomic E-state index is 12.0. The second-order valence-electron chi connectivity index (χ2n) is 5.38. The molecule has 0 saturated heterocycles. The third-order valence-corrected chi connectivity index (χ3v) is 3.62. The number of halogens is 2. The summed E-state index contributed by atoms with van der Waals surface area (Å²) in [6, 6.07) is 5.08. The molecule has 0 bridgehead atoms. The van der Waals surface area contributed by atoms with E-state index in [0.29, 0.717) is 5.69 Å². The number of carbonyl (C=O) groups excluding carboxylic acids is 1. The van der Waals surface area contributed by atoms with Gasteiger partial charge in [-0.1, -0.05) is 20.3 Å². The molecule has 22 heavy (non-hydrogen) atoms. The molecule has 0 aromatic heterocycles. The van der Waals surface area contributed by atoms with Crippen molar-refractivity contribution in [2.45, 2.75) is 39.4 Å². The summed E-state index contributed by atoms with van der Waals surface area (Å²) in [7, 11) is 0. The molecule has 3 N–H and O–H groups in total. The standard InChI is InChI=1S/C15H22F2N2O3/c1-4-10(2)15(3,21)9-18-14(20)19-11-5-7-12(8-6-11)22-13(16)17/h5-8,10,13,21H,4,9H2,1-3H3,(H2,18,19,20). The van der Waals surface area contributed by atoms with E-state index < -0.39 is 18.2 Å². The van der Waals surface area contributed by atoms with Crippen LogP contribution in [0.5, 0.6) is 5.75 Å². The molecule has 1 aromatic rings. The Morgan fingerprint density at radius 2 is 1.95 bits per heavy atom. The number of nitrogens with one attached hydrogen (secondary N) is 2. The Morgan fingerprint density at radius 1 is 1.36 bits per heavy atom. The third kappa shape index (κ3) is 5.85. The first-order valence-electron chi connectivity index (χ1n) is 7.06. The van der Waals surface area contributed by atoms with Gasteiger partial charge in [-0.2, -0.15) is 8.78 Å². The number of anilines is 1. The number of benzene rings is 1. The first kappa shape index (κ1) is 18.2. The highest BCUT2D eigenvalue weighted by Crippen LogP contribution is 2.19. The molecule has 0 heterocycles. The molecular weight excluding hydrogens is 294 g/mol. The average Bonchev–Trinajstić information content (AvgIpc) is 2.46. The van der Waals surface area contributed by atoms with Crippen LogP contribution in [0.3, 0.4) is 0 Å². The van der Waals surface area contributed by atoms with Crippen LogP contribution in [0.2, 0.25) is 0 Å². The van der Waals surface area contributed by atoms with E-state index in [9.17, 15) is 18.7 Å². The second kappa shape index (κ2) is 7.93. The number of hydrogen-bond donors (Lipinski definition) is 3. The number of amides is 2.